The fraction of sp³-hybridized carbons (Fsp3) is 0.800. The lowest BCUT2D eigenvalue weighted by Gasteiger charge is -2.61. The molecule has 32 heavy (non-hydrogen) atoms. The molecule has 0 aromatic carbocycles. The average molecular weight is 441 g/mol. The van der Waals surface area contributed by atoms with E-state index < -0.39 is 0 Å². The van der Waals surface area contributed by atoms with E-state index in [2.05, 4.69) is 73.6 Å². The van der Waals surface area contributed by atoms with Gasteiger partial charge in [-0.25, -0.2) is 0 Å². The summed E-state index contributed by atoms with van der Waals surface area (Å²) in [5, 5.41) is 22.4. The molecule has 0 aliphatic heterocycles. The Balaban J connectivity index is 1.70. The van der Waals surface area contributed by atoms with Crippen LogP contribution in [0.15, 0.2) is 34.9 Å². The quantitative estimate of drug-likeness (QED) is 0.453. The predicted octanol–water partition coefficient (Wildman–Crippen LogP) is 7.23. The minimum Gasteiger partial charge on any atom is -0.393 e. The topological polar surface area (TPSA) is 40.5 Å². The van der Waals surface area contributed by atoms with Crippen LogP contribution >= 0.6 is 0 Å². The van der Waals surface area contributed by atoms with Crippen LogP contribution in [0.5, 0.6) is 0 Å². The van der Waals surface area contributed by atoms with E-state index in [0.717, 1.165) is 38.5 Å². The van der Waals surface area contributed by atoms with Gasteiger partial charge in [-0.15, -0.1) is 0 Å². The van der Waals surface area contributed by atoms with Crippen molar-refractivity contribution in [3.63, 3.8) is 0 Å². The molecule has 0 bridgehead atoms. The summed E-state index contributed by atoms with van der Waals surface area (Å²) in [6, 6.07) is 0. The minimum absolute atomic E-state index is 0.0756. The van der Waals surface area contributed by atoms with Gasteiger partial charge in [0, 0.05) is 5.41 Å². The molecule has 2 fully saturated rings. The highest BCUT2D eigenvalue weighted by atomic mass is 16.3. The molecule has 2 unspecified atom stereocenters. The molecule has 4 aliphatic rings. The lowest BCUT2D eigenvalue weighted by atomic mass is 9.44. The van der Waals surface area contributed by atoms with Gasteiger partial charge in [-0.1, -0.05) is 65.3 Å². The van der Waals surface area contributed by atoms with Crippen LogP contribution in [0.4, 0.5) is 0 Å². The molecule has 0 aromatic rings. The van der Waals surface area contributed by atoms with Crippen molar-refractivity contribution in [1.29, 1.82) is 0 Å². The van der Waals surface area contributed by atoms with Crippen molar-refractivity contribution in [1.82, 2.24) is 0 Å². The first kappa shape index (κ1) is 24.3. The number of allylic oxidation sites excluding steroid dienone is 5. The smallest absolute Gasteiger partial charge is 0.0642 e. The Hall–Kier alpha value is -0.860. The van der Waals surface area contributed by atoms with E-state index in [4.69, 9.17) is 0 Å². The molecule has 4 rings (SSSR count). The first-order valence-electron chi connectivity index (χ1n) is 13.2. The van der Waals surface area contributed by atoms with Gasteiger partial charge in [0.1, 0.15) is 0 Å². The second-order valence-corrected chi connectivity index (χ2v) is 13.3. The molecule has 0 radical (unpaired) electrons. The van der Waals surface area contributed by atoms with Crippen molar-refractivity contribution in [2.24, 2.45) is 39.4 Å². The number of rotatable bonds is 4. The second kappa shape index (κ2) is 7.84. The molecular formula is C30H48O2. The Labute approximate surface area is 197 Å². The maximum atomic E-state index is 11.6. The molecule has 180 valence electrons. The fourth-order valence-corrected chi connectivity index (χ4v) is 8.77. The summed E-state index contributed by atoms with van der Waals surface area (Å²) in [5.41, 5.74) is 4.30. The van der Waals surface area contributed by atoms with E-state index >= 15 is 0 Å². The van der Waals surface area contributed by atoms with E-state index in [1.54, 1.807) is 0 Å². The van der Waals surface area contributed by atoms with Gasteiger partial charge in [-0.2, -0.15) is 0 Å². The summed E-state index contributed by atoms with van der Waals surface area (Å²) < 4.78 is 0. The van der Waals surface area contributed by atoms with E-state index in [-0.39, 0.29) is 33.9 Å². The maximum Gasteiger partial charge on any atom is 0.0642 e. The van der Waals surface area contributed by atoms with E-state index in [9.17, 15) is 10.2 Å². The number of hydrogen-bond acceptors (Lipinski definition) is 2. The van der Waals surface area contributed by atoms with Crippen molar-refractivity contribution in [2.45, 2.75) is 113 Å². The number of aliphatic hydroxyl groups is 2. The summed E-state index contributed by atoms with van der Waals surface area (Å²) in [7, 11) is 0. The Morgan fingerprint density at radius 1 is 1.06 bits per heavy atom. The van der Waals surface area contributed by atoms with Gasteiger partial charge in [-0.05, 0) is 104 Å². The molecule has 2 heteroatoms. The van der Waals surface area contributed by atoms with Crippen molar-refractivity contribution in [3.8, 4) is 0 Å². The Morgan fingerprint density at radius 2 is 1.75 bits per heavy atom. The molecule has 0 saturated heterocycles. The van der Waals surface area contributed by atoms with E-state index in [0.29, 0.717) is 17.8 Å². The summed E-state index contributed by atoms with van der Waals surface area (Å²) in [5.74, 6) is 1.61. The van der Waals surface area contributed by atoms with Gasteiger partial charge in [-0.3, -0.25) is 0 Å². The van der Waals surface area contributed by atoms with Crippen LogP contribution in [0.25, 0.3) is 0 Å². The molecule has 4 aliphatic carbocycles. The third-order valence-electron chi connectivity index (χ3n) is 11.2. The van der Waals surface area contributed by atoms with Crippen LogP contribution in [0, 0.1) is 39.4 Å². The summed E-state index contributed by atoms with van der Waals surface area (Å²) in [6.45, 7) is 18.6. The third kappa shape index (κ3) is 3.18. The fourth-order valence-electron chi connectivity index (χ4n) is 8.77. The minimum atomic E-state index is -0.277. The molecule has 8 atom stereocenters. The number of hydrogen-bond donors (Lipinski definition) is 2. The van der Waals surface area contributed by atoms with Gasteiger partial charge < -0.3 is 10.2 Å². The molecule has 2 saturated carbocycles. The molecule has 0 aromatic heterocycles. The van der Waals surface area contributed by atoms with Crippen molar-refractivity contribution in [3.05, 3.63) is 34.9 Å². The van der Waals surface area contributed by atoms with Gasteiger partial charge in [0.15, 0.2) is 0 Å². The monoisotopic (exact) mass is 440 g/mol. The van der Waals surface area contributed by atoms with Crippen LogP contribution in [-0.2, 0) is 0 Å². The SMILES string of the molecule is CC(C)=CCC[C@@H](C)C1C[C@H](O)[C@@]2(C)C3=CCC4C(C)(C)[C@@H](O)CC[C@]4(C)C3=CC[C@]12C. The standard InChI is InChI=1S/C30H48O2/c1-19(2)10-9-11-20(3)23-18-26(32)30(8)22-12-13-24-27(4,5)25(31)15-16-28(24,6)21(22)14-17-29(23,30)7/h10,12,14,20,23-26,31-32H,9,11,13,15-18H2,1-8H3/t20-,23?,24?,25+,26+,28-,29-,30-/m1/s1. The van der Waals surface area contributed by atoms with Crippen LogP contribution in [0.1, 0.15) is 100 Å². The molecule has 0 amide bonds. The zero-order valence-corrected chi connectivity index (χ0v) is 22.0. The Morgan fingerprint density at radius 3 is 2.41 bits per heavy atom. The van der Waals surface area contributed by atoms with Crippen LogP contribution < -0.4 is 0 Å². The first-order chi connectivity index (χ1) is 14.8. The van der Waals surface area contributed by atoms with Gasteiger partial charge >= 0.3 is 0 Å². The Kier molecular flexibility index (Phi) is 5.95. The largest absolute Gasteiger partial charge is 0.393 e. The zero-order chi connectivity index (χ0) is 23.7. The highest BCUT2D eigenvalue weighted by molar-refractivity contribution is 5.50. The van der Waals surface area contributed by atoms with Crippen molar-refractivity contribution < 1.29 is 10.2 Å². The molecule has 2 nitrogen and oxygen atoms in total. The van der Waals surface area contributed by atoms with Crippen molar-refractivity contribution >= 4 is 0 Å². The van der Waals surface area contributed by atoms with Crippen molar-refractivity contribution in [2.75, 3.05) is 0 Å². The maximum absolute atomic E-state index is 11.6. The lowest BCUT2D eigenvalue weighted by molar-refractivity contribution is -0.0872. The zero-order valence-electron chi connectivity index (χ0n) is 22.0. The normalized spacial score (nSPS) is 45.7. The van der Waals surface area contributed by atoms with E-state index in [1.165, 1.54) is 23.1 Å². The molecule has 0 heterocycles. The van der Waals surface area contributed by atoms with E-state index in [1.807, 2.05) is 0 Å². The Bertz CT molecular complexity index is 843. The highest BCUT2D eigenvalue weighted by Crippen LogP contribution is 2.71. The van der Waals surface area contributed by atoms with Gasteiger partial charge in [0.2, 0.25) is 0 Å². The average Bonchev–Trinajstić information content (AvgIpc) is 2.92. The second-order valence-electron chi connectivity index (χ2n) is 13.3. The van der Waals surface area contributed by atoms with Crippen LogP contribution in [0.2, 0.25) is 0 Å². The van der Waals surface area contributed by atoms with Crippen LogP contribution in [-0.4, -0.2) is 22.4 Å². The number of aliphatic hydroxyl groups excluding tert-OH is 2. The third-order valence-corrected chi connectivity index (χ3v) is 11.2. The van der Waals surface area contributed by atoms with Gasteiger partial charge in [0.25, 0.3) is 0 Å². The molecular weight excluding hydrogens is 392 g/mol. The molecule has 0 spiro atoms. The number of fused-ring (bicyclic) bond motifs is 5. The first-order valence-corrected chi connectivity index (χ1v) is 13.2. The summed E-state index contributed by atoms with van der Waals surface area (Å²) in [6.07, 6.45) is 14.2. The van der Waals surface area contributed by atoms with Crippen LogP contribution in [0.3, 0.4) is 0 Å². The lowest BCUT2D eigenvalue weighted by Crippen LogP contribution is -2.55. The highest BCUT2D eigenvalue weighted by Gasteiger charge is 2.66. The summed E-state index contributed by atoms with van der Waals surface area (Å²) >= 11 is 0. The predicted molar refractivity (Wildman–Crippen MR) is 134 cm³/mol. The van der Waals surface area contributed by atoms with Gasteiger partial charge in [0.05, 0.1) is 12.2 Å². The molecule has 2 N–H and O–H groups in total. The summed E-state index contributed by atoms with van der Waals surface area (Å²) in [4.78, 5) is 0.